The number of nitrogens with zero attached hydrogens (tertiary/aromatic N) is 5. The average molecular weight is 645 g/mol. The maximum atomic E-state index is 14.3. The second-order valence-electron chi connectivity index (χ2n) is 12.2. The number of likely N-dealkylation sites (tertiary alicyclic amines) is 1. The summed E-state index contributed by atoms with van der Waals surface area (Å²) in [5.74, 6) is 0.350. The molecule has 2 unspecified atom stereocenters. The molecule has 0 spiro atoms. The van der Waals surface area contributed by atoms with Gasteiger partial charge in [-0.15, -0.1) is 0 Å². The maximum Gasteiger partial charge on any atom is 0.264 e. The first-order valence-corrected chi connectivity index (χ1v) is 17.0. The molecule has 2 atom stereocenters. The van der Waals surface area contributed by atoms with Gasteiger partial charge in [0.15, 0.2) is 5.78 Å². The number of Topliss-reactive ketones (excluding diaryl/α,β-unsaturated/α-hetero) is 1. The van der Waals surface area contributed by atoms with Gasteiger partial charge in [0.05, 0.1) is 10.5 Å². The normalized spacial score (nSPS) is 22.0. The Morgan fingerprint density at radius 3 is 2.54 bits per heavy atom. The molecule has 0 aliphatic carbocycles. The van der Waals surface area contributed by atoms with E-state index < -0.39 is 21.7 Å². The highest BCUT2D eigenvalue weighted by Gasteiger charge is 2.39. The summed E-state index contributed by atoms with van der Waals surface area (Å²) in [7, 11) is -0.402. The lowest BCUT2D eigenvalue weighted by atomic mass is 9.91. The number of aromatic nitrogens is 3. The van der Waals surface area contributed by atoms with Gasteiger partial charge < -0.3 is 19.7 Å². The second-order valence-corrected chi connectivity index (χ2v) is 14.2. The minimum Gasteiger partial charge on any atom is -0.489 e. The van der Waals surface area contributed by atoms with Gasteiger partial charge >= 0.3 is 0 Å². The number of rotatable bonds is 7. The van der Waals surface area contributed by atoms with Crippen LogP contribution in [0.1, 0.15) is 41.3 Å². The van der Waals surface area contributed by atoms with Gasteiger partial charge in [-0.3, -0.25) is 14.2 Å². The summed E-state index contributed by atoms with van der Waals surface area (Å²) in [5, 5.41) is 3.65. The number of nitrogens with one attached hydrogen (secondary N) is 1. The number of sulfonamides is 1. The number of hydrogen-bond donors (Lipinski definition) is 1. The maximum absolute atomic E-state index is 14.3. The number of pyridine rings is 1. The number of likely N-dealkylation sites (N-methyl/N-ethyl adjacent to an activating group) is 2. The lowest BCUT2D eigenvalue weighted by Gasteiger charge is -2.35. The number of fused-ring (bicyclic) bond motifs is 2. The summed E-state index contributed by atoms with van der Waals surface area (Å²) in [6.07, 6.45) is 2.99. The summed E-state index contributed by atoms with van der Waals surface area (Å²) < 4.78 is 41.3. The lowest BCUT2D eigenvalue weighted by molar-refractivity contribution is 0.0543. The minimum absolute atomic E-state index is 0.00240. The quantitative estimate of drug-likeness (QED) is 0.297. The van der Waals surface area contributed by atoms with Crippen molar-refractivity contribution in [1.29, 1.82) is 0 Å². The molecule has 12 nitrogen and oxygen atoms in total. The molecule has 0 amide bonds. The Kier molecular flexibility index (Phi) is 8.09. The number of carbonyl (C=O) groups is 1. The van der Waals surface area contributed by atoms with E-state index in [1.807, 2.05) is 24.3 Å². The lowest BCUT2D eigenvalue weighted by Crippen LogP contribution is -2.45. The van der Waals surface area contributed by atoms with Gasteiger partial charge in [-0.2, -0.15) is 9.29 Å². The topological polar surface area (TPSA) is 136 Å². The Morgan fingerprint density at radius 1 is 1.04 bits per heavy atom. The van der Waals surface area contributed by atoms with Crippen LogP contribution in [-0.4, -0.2) is 84.4 Å². The number of anilines is 2. The van der Waals surface area contributed by atoms with Gasteiger partial charge in [0, 0.05) is 63.0 Å². The molecule has 3 aliphatic rings. The van der Waals surface area contributed by atoms with Crippen LogP contribution in [0.25, 0.3) is 11.0 Å². The van der Waals surface area contributed by atoms with Gasteiger partial charge in [0.1, 0.15) is 23.7 Å². The highest BCUT2D eigenvalue weighted by molar-refractivity contribution is 7.89. The van der Waals surface area contributed by atoms with Crippen molar-refractivity contribution >= 4 is 38.5 Å². The Balaban J connectivity index is 1.28. The monoisotopic (exact) mass is 644 g/mol. The number of carbonyl (C=O) groups excluding carboxylic acids is 1. The van der Waals surface area contributed by atoms with E-state index in [0.717, 1.165) is 25.3 Å². The van der Waals surface area contributed by atoms with Crippen molar-refractivity contribution < 1.29 is 22.7 Å². The van der Waals surface area contributed by atoms with E-state index in [9.17, 15) is 18.0 Å². The van der Waals surface area contributed by atoms with E-state index in [1.54, 1.807) is 30.5 Å². The van der Waals surface area contributed by atoms with Crippen LogP contribution in [-0.2, 0) is 21.2 Å². The number of benzene rings is 2. The third-order valence-corrected chi connectivity index (χ3v) is 11.1. The zero-order valence-corrected chi connectivity index (χ0v) is 26.6. The average Bonchev–Trinajstić information content (AvgIpc) is 3.48. The molecule has 0 bridgehead atoms. The Hall–Kier alpha value is -4.17. The summed E-state index contributed by atoms with van der Waals surface area (Å²) in [4.78, 5) is 39.6. The molecule has 4 aromatic rings. The molecule has 240 valence electrons. The highest BCUT2D eigenvalue weighted by Crippen LogP contribution is 2.35. The zero-order valence-electron chi connectivity index (χ0n) is 25.8. The van der Waals surface area contributed by atoms with Crippen molar-refractivity contribution in [3.8, 4) is 5.75 Å². The standard InChI is InChI=1S/C33H36N6O6S/c1-37-14-11-26(20-37)45-25-9-7-24(8-10-25)35-33-34-19-23-17-27(30(40)21-12-15-44-16-13-21)32(41)39(31(23)36-33)29-18-22-5-3-4-6-28(22)46(42,43)38(29)2/h3-10,17,19,21,26,29H,11-16,18,20H2,1-2H3,(H,34,35,36). The molecule has 1 N–H and O–H groups in total. The molecule has 5 heterocycles. The molecule has 2 aromatic heterocycles. The third-order valence-electron chi connectivity index (χ3n) is 9.14. The van der Waals surface area contributed by atoms with Crippen LogP contribution in [0.15, 0.2) is 70.5 Å². The third kappa shape index (κ3) is 5.68. The predicted octanol–water partition coefficient (Wildman–Crippen LogP) is 3.60. The Labute approximate surface area is 267 Å². The van der Waals surface area contributed by atoms with Crippen LogP contribution in [0.3, 0.4) is 0 Å². The molecule has 46 heavy (non-hydrogen) atoms. The Bertz CT molecular complexity index is 1960. The van der Waals surface area contributed by atoms with Crippen LogP contribution < -0.4 is 15.6 Å². The molecular weight excluding hydrogens is 608 g/mol. The fraction of sp³-hybridized carbons (Fsp3) is 0.394. The van der Waals surface area contributed by atoms with Crippen LogP contribution in [0.4, 0.5) is 11.6 Å². The van der Waals surface area contributed by atoms with Crippen LogP contribution >= 0.6 is 0 Å². The Morgan fingerprint density at radius 2 is 1.80 bits per heavy atom. The van der Waals surface area contributed by atoms with E-state index in [2.05, 4.69) is 22.2 Å². The number of ketones is 1. The first-order chi connectivity index (χ1) is 22.2. The summed E-state index contributed by atoms with van der Waals surface area (Å²) in [6, 6.07) is 15.8. The fourth-order valence-electron chi connectivity index (χ4n) is 6.56. The van der Waals surface area contributed by atoms with Crippen molar-refractivity contribution in [1.82, 2.24) is 23.7 Å². The van der Waals surface area contributed by atoms with Crippen molar-refractivity contribution in [3.63, 3.8) is 0 Å². The fourth-order valence-corrected chi connectivity index (χ4v) is 8.09. The van der Waals surface area contributed by atoms with Crippen LogP contribution in [0, 0.1) is 5.92 Å². The molecule has 2 saturated heterocycles. The molecule has 13 heteroatoms. The first kappa shape index (κ1) is 30.5. The van der Waals surface area contributed by atoms with Gasteiger partial charge in [-0.25, -0.2) is 13.4 Å². The summed E-state index contributed by atoms with van der Waals surface area (Å²) in [6.45, 7) is 2.79. The van der Waals surface area contributed by atoms with E-state index in [-0.39, 0.29) is 46.3 Å². The largest absolute Gasteiger partial charge is 0.489 e. The van der Waals surface area contributed by atoms with Crippen molar-refractivity contribution in [2.24, 2.45) is 5.92 Å². The smallest absolute Gasteiger partial charge is 0.264 e. The molecule has 0 radical (unpaired) electrons. The minimum atomic E-state index is -3.93. The van der Waals surface area contributed by atoms with E-state index in [4.69, 9.17) is 14.5 Å². The van der Waals surface area contributed by atoms with Gasteiger partial charge in [-0.1, -0.05) is 18.2 Å². The summed E-state index contributed by atoms with van der Waals surface area (Å²) in [5.41, 5.74) is 0.937. The van der Waals surface area contributed by atoms with Crippen molar-refractivity contribution in [2.45, 2.75) is 42.8 Å². The van der Waals surface area contributed by atoms with Gasteiger partial charge in [-0.05, 0) is 68.3 Å². The SMILES string of the molecule is CN1CCC(Oc2ccc(Nc3ncc4cc(C(=O)C5CCOCC5)c(=O)n(C5Cc6ccccc6S(=O)(=O)N5C)c4n3)cc2)C1. The molecule has 3 aliphatic heterocycles. The van der Waals surface area contributed by atoms with Crippen molar-refractivity contribution in [3.05, 3.63) is 82.3 Å². The van der Waals surface area contributed by atoms with Gasteiger partial charge in [0.2, 0.25) is 16.0 Å². The number of hydrogen-bond acceptors (Lipinski definition) is 10. The molecule has 2 aromatic carbocycles. The molecule has 0 saturated carbocycles. The molecule has 7 rings (SSSR count). The summed E-state index contributed by atoms with van der Waals surface area (Å²) >= 11 is 0. The van der Waals surface area contributed by atoms with Gasteiger partial charge in [0.25, 0.3) is 5.56 Å². The number of ether oxygens (including phenoxy) is 2. The first-order valence-electron chi connectivity index (χ1n) is 15.5. The van der Waals surface area contributed by atoms with Crippen LogP contribution in [0.2, 0.25) is 0 Å². The van der Waals surface area contributed by atoms with Crippen molar-refractivity contribution in [2.75, 3.05) is 45.7 Å². The van der Waals surface area contributed by atoms with E-state index >= 15 is 0 Å². The predicted molar refractivity (Wildman–Crippen MR) is 172 cm³/mol. The van der Waals surface area contributed by atoms with E-state index in [0.29, 0.717) is 42.7 Å². The van der Waals surface area contributed by atoms with E-state index in [1.165, 1.54) is 22.0 Å². The molecular formula is C33H36N6O6S. The zero-order chi connectivity index (χ0) is 32.0. The molecule has 2 fully saturated rings. The second kappa shape index (κ2) is 12.2. The van der Waals surface area contributed by atoms with Crippen LogP contribution in [0.5, 0.6) is 5.75 Å². The highest BCUT2D eigenvalue weighted by atomic mass is 32.2.